The molecule has 0 saturated carbocycles. The summed E-state index contributed by atoms with van der Waals surface area (Å²) in [5.41, 5.74) is 1.24. The third kappa shape index (κ3) is 4.86. The molecule has 1 aromatic heterocycles. The van der Waals surface area contributed by atoms with Crippen LogP contribution < -0.4 is 10.1 Å². The number of ether oxygens (including phenoxy) is 1. The highest BCUT2D eigenvalue weighted by molar-refractivity contribution is 9.10. The van der Waals surface area contributed by atoms with Gasteiger partial charge in [0, 0.05) is 13.1 Å². The number of nitrogens with one attached hydrogen (secondary N) is 1. The first-order valence-corrected chi connectivity index (χ1v) is 8.07. The highest BCUT2D eigenvalue weighted by atomic mass is 79.9. The van der Waals surface area contributed by atoms with Crippen LogP contribution in [0, 0.1) is 5.92 Å². The Kier molecular flexibility index (Phi) is 5.82. The SMILES string of the molecule is CCn1cc(Oc2ccc(CNCC(C)C)cc2Br)cn1. The molecule has 2 aromatic rings. The summed E-state index contributed by atoms with van der Waals surface area (Å²) in [6, 6.07) is 6.16. The number of halogens is 1. The Morgan fingerprint density at radius 3 is 2.81 bits per heavy atom. The second-order valence-electron chi connectivity index (χ2n) is 5.42. The van der Waals surface area contributed by atoms with Crippen LogP contribution in [-0.2, 0) is 13.1 Å². The molecule has 2 rings (SSSR count). The summed E-state index contributed by atoms with van der Waals surface area (Å²) >= 11 is 3.57. The molecule has 0 spiro atoms. The summed E-state index contributed by atoms with van der Waals surface area (Å²) in [7, 11) is 0. The van der Waals surface area contributed by atoms with Gasteiger partial charge in [-0.15, -0.1) is 0 Å². The Morgan fingerprint density at radius 2 is 2.19 bits per heavy atom. The van der Waals surface area contributed by atoms with Crippen molar-refractivity contribution in [3.63, 3.8) is 0 Å². The van der Waals surface area contributed by atoms with Crippen LogP contribution in [0.3, 0.4) is 0 Å². The van der Waals surface area contributed by atoms with Crippen LogP contribution >= 0.6 is 15.9 Å². The molecule has 0 aliphatic carbocycles. The van der Waals surface area contributed by atoms with Crippen LogP contribution in [0.1, 0.15) is 26.3 Å². The molecule has 0 bridgehead atoms. The Balaban J connectivity index is 1.98. The van der Waals surface area contributed by atoms with E-state index in [2.05, 4.69) is 52.3 Å². The van der Waals surface area contributed by atoms with Gasteiger partial charge in [-0.05, 0) is 53.0 Å². The minimum atomic E-state index is 0.658. The van der Waals surface area contributed by atoms with Crippen LogP contribution in [0.15, 0.2) is 35.1 Å². The molecule has 1 N–H and O–H groups in total. The van der Waals surface area contributed by atoms with Crippen LogP contribution in [-0.4, -0.2) is 16.3 Å². The summed E-state index contributed by atoms with van der Waals surface area (Å²) in [5.74, 6) is 2.22. The molecule has 0 aliphatic heterocycles. The predicted molar refractivity (Wildman–Crippen MR) is 88.7 cm³/mol. The lowest BCUT2D eigenvalue weighted by atomic mass is 10.2. The van der Waals surface area contributed by atoms with E-state index in [-0.39, 0.29) is 0 Å². The Morgan fingerprint density at radius 1 is 1.38 bits per heavy atom. The van der Waals surface area contributed by atoms with E-state index >= 15 is 0 Å². The number of aromatic nitrogens is 2. The van der Waals surface area contributed by atoms with Crippen molar-refractivity contribution in [1.29, 1.82) is 0 Å². The monoisotopic (exact) mass is 351 g/mol. The standard InChI is InChI=1S/C16H22BrN3O/c1-4-20-11-14(10-19-20)21-16-6-5-13(7-15(16)17)9-18-8-12(2)3/h5-7,10-12,18H,4,8-9H2,1-3H3. The van der Waals surface area contributed by atoms with E-state index in [1.807, 2.05) is 23.9 Å². The summed E-state index contributed by atoms with van der Waals surface area (Å²) < 4.78 is 8.63. The molecule has 0 atom stereocenters. The number of nitrogens with zero attached hydrogens (tertiary/aromatic N) is 2. The fourth-order valence-corrected chi connectivity index (χ4v) is 2.45. The maximum atomic E-state index is 5.84. The van der Waals surface area contributed by atoms with Crippen LogP contribution in [0.2, 0.25) is 0 Å². The van der Waals surface area contributed by atoms with Gasteiger partial charge in [0.25, 0.3) is 0 Å². The number of aryl methyl sites for hydroxylation is 1. The van der Waals surface area contributed by atoms with Crippen molar-refractivity contribution in [2.45, 2.75) is 33.9 Å². The molecule has 4 nitrogen and oxygen atoms in total. The van der Waals surface area contributed by atoms with E-state index in [0.717, 1.165) is 35.6 Å². The highest BCUT2D eigenvalue weighted by Crippen LogP contribution is 2.30. The largest absolute Gasteiger partial charge is 0.453 e. The van der Waals surface area contributed by atoms with Crippen LogP contribution in [0.25, 0.3) is 0 Å². The zero-order valence-corrected chi connectivity index (χ0v) is 14.4. The van der Waals surface area contributed by atoms with Crippen molar-refractivity contribution in [2.24, 2.45) is 5.92 Å². The molecular weight excluding hydrogens is 330 g/mol. The molecule has 5 heteroatoms. The van der Waals surface area contributed by atoms with Gasteiger partial charge in [0.05, 0.1) is 16.9 Å². The predicted octanol–water partition coefficient (Wildman–Crippen LogP) is 4.20. The van der Waals surface area contributed by atoms with E-state index in [4.69, 9.17) is 4.74 Å². The number of rotatable bonds is 7. The summed E-state index contributed by atoms with van der Waals surface area (Å²) in [6.07, 6.45) is 3.62. The highest BCUT2D eigenvalue weighted by Gasteiger charge is 2.06. The second-order valence-corrected chi connectivity index (χ2v) is 6.28. The molecule has 1 aromatic carbocycles. The van der Waals surface area contributed by atoms with E-state index < -0.39 is 0 Å². The van der Waals surface area contributed by atoms with E-state index in [9.17, 15) is 0 Å². The summed E-state index contributed by atoms with van der Waals surface area (Å²) in [4.78, 5) is 0. The molecule has 0 fully saturated rings. The Hall–Kier alpha value is -1.33. The van der Waals surface area contributed by atoms with Gasteiger partial charge in [-0.1, -0.05) is 19.9 Å². The maximum Gasteiger partial charge on any atom is 0.165 e. The first-order valence-electron chi connectivity index (χ1n) is 7.28. The van der Waals surface area contributed by atoms with Crippen molar-refractivity contribution < 1.29 is 4.74 Å². The van der Waals surface area contributed by atoms with Crippen molar-refractivity contribution in [3.05, 3.63) is 40.6 Å². The Labute approximate surface area is 134 Å². The lowest BCUT2D eigenvalue weighted by molar-refractivity contribution is 0.477. The van der Waals surface area contributed by atoms with Gasteiger partial charge < -0.3 is 10.1 Å². The van der Waals surface area contributed by atoms with E-state index in [1.54, 1.807) is 6.20 Å². The fraction of sp³-hybridized carbons (Fsp3) is 0.438. The minimum absolute atomic E-state index is 0.658. The molecule has 0 unspecified atom stereocenters. The summed E-state index contributed by atoms with van der Waals surface area (Å²) in [5, 5.41) is 7.63. The van der Waals surface area contributed by atoms with Crippen molar-refractivity contribution in [1.82, 2.24) is 15.1 Å². The van der Waals surface area contributed by atoms with Crippen molar-refractivity contribution in [3.8, 4) is 11.5 Å². The number of hydrogen-bond acceptors (Lipinski definition) is 3. The van der Waals surface area contributed by atoms with E-state index in [1.165, 1.54) is 5.56 Å². The van der Waals surface area contributed by atoms with Crippen molar-refractivity contribution in [2.75, 3.05) is 6.54 Å². The van der Waals surface area contributed by atoms with Gasteiger partial charge in [0.2, 0.25) is 0 Å². The van der Waals surface area contributed by atoms with Crippen LogP contribution in [0.4, 0.5) is 0 Å². The molecule has 0 radical (unpaired) electrons. The van der Waals surface area contributed by atoms with Gasteiger partial charge in [-0.2, -0.15) is 5.10 Å². The molecule has 0 amide bonds. The smallest absolute Gasteiger partial charge is 0.165 e. The maximum absolute atomic E-state index is 5.84. The third-order valence-corrected chi connectivity index (χ3v) is 3.66. The first-order chi connectivity index (χ1) is 10.1. The minimum Gasteiger partial charge on any atom is -0.453 e. The molecule has 1 heterocycles. The zero-order valence-electron chi connectivity index (χ0n) is 12.8. The van der Waals surface area contributed by atoms with Crippen molar-refractivity contribution >= 4 is 15.9 Å². The van der Waals surface area contributed by atoms with Gasteiger partial charge in [-0.25, -0.2) is 0 Å². The average molecular weight is 352 g/mol. The number of benzene rings is 1. The normalized spacial score (nSPS) is 11.1. The fourth-order valence-electron chi connectivity index (χ4n) is 1.94. The van der Waals surface area contributed by atoms with Crippen LogP contribution in [0.5, 0.6) is 11.5 Å². The topological polar surface area (TPSA) is 39.1 Å². The van der Waals surface area contributed by atoms with Gasteiger partial charge in [0.15, 0.2) is 5.75 Å². The average Bonchev–Trinajstić information content (AvgIpc) is 2.89. The van der Waals surface area contributed by atoms with E-state index in [0.29, 0.717) is 5.92 Å². The molecule has 0 aliphatic rings. The lowest BCUT2D eigenvalue weighted by Gasteiger charge is -2.10. The Bertz CT molecular complexity index is 581. The molecule has 21 heavy (non-hydrogen) atoms. The van der Waals surface area contributed by atoms with Gasteiger partial charge in [-0.3, -0.25) is 4.68 Å². The first kappa shape index (κ1) is 16.0. The quantitative estimate of drug-likeness (QED) is 0.812. The third-order valence-electron chi connectivity index (χ3n) is 3.04. The zero-order chi connectivity index (χ0) is 15.2. The second kappa shape index (κ2) is 7.61. The van der Waals surface area contributed by atoms with Gasteiger partial charge >= 0.3 is 0 Å². The molecular formula is C16H22BrN3O. The molecule has 114 valence electrons. The number of hydrogen-bond donors (Lipinski definition) is 1. The lowest BCUT2D eigenvalue weighted by Crippen LogP contribution is -2.18. The van der Waals surface area contributed by atoms with Gasteiger partial charge in [0.1, 0.15) is 5.75 Å². The summed E-state index contributed by atoms with van der Waals surface area (Å²) in [6.45, 7) is 9.18. The molecule has 0 saturated heterocycles.